The molecule has 1 aliphatic heterocycles. The van der Waals surface area contributed by atoms with Crippen LogP contribution in [-0.2, 0) is 10.3 Å². The first-order valence-corrected chi connectivity index (χ1v) is 8.08. The predicted molar refractivity (Wildman–Crippen MR) is 92.5 cm³/mol. The minimum absolute atomic E-state index is 0. The molecule has 1 amide bonds. The maximum atomic E-state index is 12.7. The summed E-state index contributed by atoms with van der Waals surface area (Å²) in [6.45, 7) is 5.70. The van der Waals surface area contributed by atoms with Crippen LogP contribution >= 0.6 is 28.3 Å². The molecule has 3 nitrogen and oxygen atoms in total. The molecule has 5 heteroatoms. The van der Waals surface area contributed by atoms with Crippen molar-refractivity contribution in [2.75, 3.05) is 13.1 Å². The van der Waals surface area contributed by atoms with Gasteiger partial charge in [0.2, 0.25) is 5.91 Å². The highest BCUT2D eigenvalue weighted by Crippen LogP contribution is 2.26. The van der Waals surface area contributed by atoms with Gasteiger partial charge < -0.3 is 10.6 Å². The third-order valence-corrected chi connectivity index (χ3v) is 4.90. The van der Waals surface area contributed by atoms with Crippen molar-refractivity contribution in [3.8, 4) is 0 Å². The van der Waals surface area contributed by atoms with Gasteiger partial charge in [-0.1, -0.05) is 41.4 Å². The molecule has 1 heterocycles. The zero-order valence-corrected chi connectivity index (χ0v) is 15.0. The van der Waals surface area contributed by atoms with E-state index in [4.69, 9.17) is 5.73 Å². The highest BCUT2D eigenvalue weighted by atomic mass is 79.9. The first-order valence-electron chi connectivity index (χ1n) is 7.29. The molecule has 1 unspecified atom stereocenters. The predicted octanol–water partition coefficient (Wildman–Crippen LogP) is 3.69. The molecule has 0 aromatic heterocycles. The average molecular weight is 376 g/mol. The zero-order valence-electron chi connectivity index (χ0n) is 12.6. The second kappa shape index (κ2) is 7.61. The van der Waals surface area contributed by atoms with E-state index < -0.39 is 5.54 Å². The van der Waals surface area contributed by atoms with Gasteiger partial charge in [-0.25, -0.2) is 0 Å². The van der Waals surface area contributed by atoms with E-state index in [1.165, 1.54) is 6.42 Å². The molecule has 0 saturated carbocycles. The quantitative estimate of drug-likeness (QED) is 0.875. The molecule has 0 aliphatic carbocycles. The molecule has 118 valence electrons. The van der Waals surface area contributed by atoms with Crippen molar-refractivity contribution in [1.29, 1.82) is 0 Å². The SMILES string of the molecule is CCC1CCN(C(=O)C(C)(N)c2ccc(Br)cc2)CC1.Cl. The Balaban J connectivity index is 0.00000220. The first kappa shape index (κ1) is 18.5. The standard InChI is InChI=1S/C16H23BrN2O.ClH/c1-3-12-8-10-19(11-9-12)15(20)16(2,18)13-4-6-14(17)7-5-13;/h4-7,12H,3,8-11,18H2,1-2H3;1H. The summed E-state index contributed by atoms with van der Waals surface area (Å²) in [5.41, 5.74) is 6.24. The first-order chi connectivity index (χ1) is 9.45. The molecule has 0 radical (unpaired) electrons. The van der Waals surface area contributed by atoms with Gasteiger partial charge in [0.25, 0.3) is 0 Å². The number of nitrogens with two attached hydrogens (primary N) is 1. The van der Waals surface area contributed by atoms with Gasteiger partial charge in [0.1, 0.15) is 5.54 Å². The Kier molecular flexibility index (Phi) is 6.70. The Labute approximate surface area is 141 Å². The van der Waals surface area contributed by atoms with Crippen LogP contribution in [0.1, 0.15) is 38.7 Å². The molecular formula is C16H24BrClN2O. The Morgan fingerprint density at radius 1 is 1.33 bits per heavy atom. The Bertz CT molecular complexity index is 468. The van der Waals surface area contributed by atoms with E-state index in [0.29, 0.717) is 0 Å². The van der Waals surface area contributed by atoms with Gasteiger partial charge >= 0.3 is 0 Å². The minimum atomic E-state index is -0.945. The fraction of sp³-hybridized carbons (Fsp3) is 0.562. The maximum Gasteiger partial charge on any atom is 0.246 e. The Morgan fingerprint density at radius 3 is 2.33 bits per heavy atom. The Hall–Kier alpha value is -0.580. The molecule has 1 fully saturated rings. The number of benzene rings is 1. The molecular weight excluding hydrogens is 352 g/mol. The van der Waals surface area contributed by atoms with Crippen molar-refractivity contribution >= 4 is 34.2 Å². The number of rotatable bonds is 3. The van der Waals surface area contributed by atoms with E-state index in [0.717, 1.165) is 41.9 Å². The molecule has 1 saturated heterocycles. The van der Waals surface area contributed by atoms with E-state index in [1.54, 1.807) is 0 Å². The third-order valence-electron chi connectivity index (χ3n) is 4.37. The molecule has 21 heavy (non-hydrogen) atoms. The summed E-state index contributed by atoms with van der Waals surface area (Å²) in [7, 11) is 0. The number of hydrogen-bond donors (Lipinski definition) is 1. The summed E-state index contributed by atoms with van der Waals surface area (Å²) >= 11 is 3.40. The van der Waals surface area contributed by atoms with Crippen LogP contribution in [0.25, 0.3) is 0 Å². The van der Waals surface area contributed by atoms with Gasteiger partial charge in [0, 0.05) is 17.6 Å². The van der Waals surface area contributed by atoms with E-state index in [-0.39, 0.29) is 18.3 Å². The number of carbonyl (C=O) groups excluding carboxylic acids is 1. The van der Waals surface area contributed by atoms with E-state index in [9.17, 15) is 4.79 Å². The van der Waals surface area contributed by atoms with Gasteiger partial charge in [-0.05, 0) is 43.4 Å². The lowest BCUT2D eigenvalue weighted by atomic mass is 9.89. The second-order valence-corrected chi connectivity index (χ2v) is 6.77. The average Bonchev–Trinajstić information content (AvgIpc) is 2.47. The van der Waals surface area contributed by atoms with Crippen LogP contribution in [0.5, 0.6) is 0 Å². The fourth-order valence-corrected chi connectivity index (χ4v) is 3.06. The van der Waals surface area contributed by atoms with Crippen LogP contribution in [0.3, 0.4) is 0 Å². The molecule has 2 N–H and O–H groups in total. The summed E-state index contributed by atoms with van der Waals surface area (Å²) < 4.78 is 0.994. The molecule has 1 aromatic carbocycles. The van der Waals surface area contributed by atoms with E-state index in [2.05, 4.69) is 22.9 Å². The lowest BCUT2D eigenvalue weighted by Gasteiger charge is -2.36. The molecule has 1 aromatic rings. The number of hydrogen-bond acceptors (Lipinski definition) is 2. The van der Waals surface area contributed by atoms with Crippen LogP contribution in [0.2, 0.25) is 0 Å². The highest BCUT2D eigenvalue weighted by molar-refractivity contribution is 9.10. The highest BCUT2D eigenvalue weighted by Gasteiger charge is 2.35. The zero-order chi connectivity index (χ0) is 14.8. The molecule has 0 bridgehead atoms. The van der Waals surface area contributed by atoms with Crippen LogP contribution in [0, 0.1) is 5.92 Å². The van der Waals surface area contributed by atoms with Gasteiger partial charge in [-0.3, -0.25) is 4.79 Å². The maximum absolute atomic E-state index is 12.7. The normalized spacial score (nSPS) is 18.8. The van der Waals surface area contributed by atoms with Crippen molar-refractivity contribution in [2.24, 2.45) is 11.7 Å². The van der Waals surface area contributed by atoms with Crippen molar-refractivity contribution in [2.45, 2.75) is 38.6 Å². The van der Waals surface area contributed by atoms with Crippen molar-refractivity contribution in [1.82, 2.24) is 4.90 Å². The Morgan fingerprint density at radius 2 is 1.86 bits per heavy atom. The third kappa shape index (κ3) is 4.21. The summed E-state index contributed by atoms with van der Waals surface area (Å²) in [4.78, 5) is 14.6. The van der Waals surface area contributed by atoms with Crippen molar-refractivity contribution in [3.05, 3.63) is 34.3 Å². The number of halogens is 2. The minimum Gasteiger partial charge on any atom is -0.341 e. The van der Waals surface area contributed by atoms with Gasteiger partial charge in [-0.2, -0.15) is 0 Å². The lowest BCUT2D eigenvalue weighted by molar-refractivity contribution is -0.138. The molecule has 1 atom stereocenters. The summed E-state index contributed by atoms with van der Waals surface area (Å²) in [5, 5.41) is 0. The number of likely N-dealkylation sites (tertiary alicyclic amines) is 1. The van der Waals surface area contributed by atoms with Crippen molar-refractivity contribution in [3.63, 3.8) is 0 Å². The van der Waals surface area contributed by atoms with E-state index >= 15 is 0 Å². The second-order valence-electron chi connectivity index (χ2n) is 5.85. The monoisotopic (exact) mass is 374 g/mol. The smallest absolute Gasteiger partial charge is 0.246 e. The largest absolute Gasteiger partial charge is 0.341 e. The number of nitrogens with zero attached hydrogens (tertiary/aromatic N) is 1. The van der Waals surface area contributed by atoms with Crippen LogP contribution in [0.4, 0.5) is 0 Å². The molecule has 1 aliphatic rings. The van der Waals surface area contributed by atoms with Crippen LogP contribution in [-0.4, -0.2) is 23.9 Å². The summed E-state index contributed by atoms with van der Waals surface area (Å²) in [6.07, 6.45) is 3.39. The van der Waals surface area contributed by atoms with Gasteiger partial charge in [0.15, 0.2) is 0 Å². The lowest BCUT2D eigenvalue weighted by Crippen LogP contribution is -2.52. The van der Waals surface area contributed by atoms with Gasteiger partial charge in [0.05, 0.1) is 0 Å². The number of amides is 1. The van der Waals surface area contributed by atoms with Gasteiger partial charge in [-0.15, -0.1) is 12.4 Å². The fourth-order valence-electron chi connectivity index (χ4n) is 2.79. The molecule has 2 rings (SSSR count). The van der Waals surface area contributed by atoms with Crippen molar-refractivity contribution < 1.29 is 4.79 Å². The number of piperidine rings is 1. The summed E-state index contributed by atoms with van der Waals surface area (Å²) in [5.74, 6) is 0.796. The van der Waals surface area contributed by atoms with E-state index in [1.807, 2.05) is 36.1 Å². The topological polar surface area (TPSA) is 46.3 Å². The summed E-state index contributed by atoms with van der Waals surface area (Å²) in [6, 6.07) is 7.69. The van der Waals surface area contributed by atoms with Crippen LogP contribution < -0.4 is 5.73 Å². The number of carbonyl (C=O) groups is 1. The molecule has 0 spiro atoms. The van der Waals surface area contributed by atoms with Crippen LogP contribution in [0.15, 0.2) is 28.7 Å².